The molecule has 0 spiro atoms. The molecule has 3 amide bonds. The number of aromatic nitrogens is 1. The number of urea groups is 1. The minimum Gasteiger partial charge on any atom is -0.491 e. The van der Waals surface area contributed by atoms with E-state index in [-0.39, 0.29) is 25.4 Å². The number of rotatable bonds is 10. The van der Waals surface area contributed by atoms with Gasteiger partial charge in [0.05, 0.1) is 24.9 Å². The van der Waals surface area contributed by atoms with Gasteiger partial charge in [-0.25, -0.2) is 18.4 Å². The molecule has 0 radical (unpaired) electrons. The number of pyridine rings is 1. The van der Waals surface area contributed by atoms with Gasteiger partial charge in [0.2, 0.25) is 11.6 Å². The van der Waals surface area contributed by atoms with Crippen molar-refractivity contribution in [2.75, 3.05) is 23.8 Å². The van der Waals surface area contributed by atoms with Crippen LogP contribution in [0.5, 0.6) is 5.75 Å². The second-order valence-corrected chi connectivity index (χ2v) is 8.22. The maximum absolute atomic E-state index is 13.3. The molecule has 1 unspecified atom stereocenters. The van der Waals surface area contributed by atoms with Crippen LogP contribution in [0, 0.1) is 18.2 Å². The molecule has 37 heavy (non-hydrogen) atoms. The van der Waals surface area contributed by atoms with Crippen LogP contribution >= 0.6 is 11.6 Å². The lowest BCUT2D eigenvalue weighted by molar-refractivity contribution is -0.122. The zero-order valence-electron chi connectivity index (χ0n) is 19.4. The number of nitrogens with one attached hydrogen (secondary N) is 3. The maximum Gasteiger partial charge on any atom is 0.324 e. The monoisotopic (exact) mass is 528 g/mol. The predicted molar refractivity (Wildman–Crippen MR) is 136 cm³/mol. The number of carbonyl (C=O) groups excluding carboxylic acids is 2. The molecule has 1 aromatic heterocycles. The smallest absolute Gasteiger partial charge is 0.324 e. The van der Waals surface area contributed by atoms with E-state index in [0.717, 1.165) is 12.1 Å². The Morgan fingerprint density at radius 1 is 1.11 bits per heavy atom. The average molecular weight is 529 g/mol. The number of carbonyl (C=O) groups is 2. The normalized spacial score (nSPS) is 11.2. The van der Waals surface area contributed by atoms with Gasteiger partial charge in [-0.2, -0.15) is 0 Å². The Bertz CT molecular complexity index is 1300. The highest BCUT2D eigenvalue weighted by Gasteiger charge is 2.15. The summed E-state index contributed by atoms with van der Waals surface area (Å²) in [5.41, 5.74) is 6.93. The topological polar surface area (TPSA) is 123 Å². The minimum absolute atomic E-state index is 0.0562. The number of amides is 3. The van der Waals surface area contributed by atoms with Gasteiger partial charge in [0.15, 0.2) is 11.6 Å². The molecule has 0 saturated carbocycles. The number of anilines is 2. The fourth-order valence-electron chi connectivity index (χ4n) is 3.13. The standard InChI is InChI=1S/C25H23ClF2N6O3/c1-30-17-5-8-23(32-14-17)34-25(36)33-21-13-16(26)4-7-22(21)37-10-2-9-31-24(35)20(29)12-15-3-6-18(27)19(28)11-15/h3-8,11,13-14,20H,2,9-10,12,29H2,(H,31,35)(H2,32,33,34,36). The van der Waals surface area contributed by atoms with E-state index in [4.69, 9.17) is 28.6 Å². The molecule has 0 saturated heterocycles. The summed E-state index contributed by atoms with van der Waals surface area (Å²) < 4.78 is 32.1. The van der Waals surface area contributed by atoms with E-state index in [2.05, 4.69) is 25.8 Å². The number of hydrogen-bond donors (Lipinski definition) is 4. The number of ether oxygens (including phenoxy) is 1. The van der Waals surface area contributed by atoms with Crippen LogP contribution in [0.2, 0.25) is 5.02 Å². The second kappa shape index (κ2) is 13.2. The van der Waals surface area contributed by atoms with Crippen LogP contribution in [0.3, 0.4) is 0 Å². The third-order valence-corrected chi connectivity index (χ3v) is 5.20. The Balaban J connectivity index is 1.45. The molecule has 1 heterocycles. The fourth-order valence-corrected chi connectivity index (χ4v) is 3.30. The third kappa shape index (κ3) is 8.42. The van der Waals surface area contributed by atoms with E-state index in [1.54, 1.807) is 12.1 Å². The third-order valence-electron chi connectivity index (χ3n) is 4.96. The molecule has 0 bridgehead atoms. The fraction of sp³-hybridized carbons (Fsp3) is 0.200. The lowest BCUT2D eigenvalue weighted by atomic mass is 10.1. The molecule has 3 rings (SSSR count). The highest BCUT2D eigenvalue weighted by Crippen LogP contribution is 2.28. The summed E-state index contributed by atoms with van der Waals surface area (Å²) >= 11 is 6.05. The second-order valence-electron chi connectivity index (χ2n) is 7.79. The van der Waals surface area contributed by atoms with Gasteiger partial charge >= 0.3 is 6.03 Å². The summed E-state index contributed by atoms with van der Waals surface area (Å²) in [7, 11) is 0. The first-order chi connectivity index (χ1) is 17.7. The van der Waals surface area contributed by atoms with Crippen LogP contribution in [-0.2, 0) is 11.2 Å². The SMILES string of the molecule is [C-]#[N+]c1ccc(NC(=O)Nc2cc(Cl)ccc2OCCCNC(=O)C(N)Cc2ccc(F)c(F)c2)nc1. The Labute approximate surface area is 216 Å². The highest BCUT2D eigenvalue weighted by molar-refractivity contribution is 6.31. The van der Waals surface area contributed by atoms with E-state index in [9.17, 15) is 18.4 Å². The van der Waals surface area contributed by atoms with Crippen LogP contribution in [0.4, 0.5) is 30.8 Å². The number of nitrogens with zero attached hydrogens (tertiary/aromatic N) is 2. The Hall–Kier alpha value is -4.27. The van der Waals surface area contributed by atoms with Gasteiger partial charge in [-0.3, -0.25) is 15.1 Å². The van der Waals surface area contributed by atoms with Gasteiger partial charge in [0, 0.05) is 17.8 Å². The van der Waals surface area contributed by atoms with Crippen molar-refractivity contribution in [2.24, 2.45) is 5.73 Å². The average Bonchev–Trinajstić information content (AvgIpc) is 2.87. The van der Waals surface area contributed by atoms with Crippen molar-refractivity contribution in [1.82, 2.24) is 10.3 Å². The first-order valence-corrected chi connectivity index (χ1v) is 11.4. The lowest BCUT2D eigenvalue weighted by Gasteiger charge is -2.15. The lowest BCUT2D eigenvalue weighted by Crippen LogP contribution is -2.42. The van der Waals surface area contributed by atoms with E-state index < -0.39 is 29.6 Å². The molecule has 1 atom stereocenters. The number of hydrogen-bond acceptors (Lipinski definition) is 5. The Morgan fingerprint density at radius 3 is 2.62 bits per heavy atom. The van der Waals surface area contributed by atoms with Crippen molar-refractivity contribution in [3.63, 3.8) is 0 Å². The quantitative estimate of drug-likeness (QED) is 0.225. The molecule has 0 aliphatic rings. The first kappa shape index (κ1) is 27.3. The Kier molecular flexibility index (Phi) is 9.71. The van der Waals surface area contributed by atoms with Crippen molar-refractivity contribution in [2.45, 2.75) is 18.9 Å². The summed E-state index contributed by atoms with van der Waals surface area (Å²) in [5.74, 6) is -1.79. The summed E-state index contributed by atoms with van der Waals surface area (Å²) in [6.45, 7) is 7.40. The molecule has 0 fully saturated rings. The molecular formula is C25H23ClF2N6O3. The van der Waals surface area contributed by atoms with Gasteiger partial charge in [0.1, 0.15) is 11.6 Å². The van der Waals surface area contributed by atoms with Gasteiger partial charge in [0.25, 0.3) is 0 Å². The molecule has 3 aromatic rings. The summed E-state index contributed by atoms with van der Waals surface area (Å²) in [6.07, 6.45) is 1.82. The van der Waals surface area contributed by atoms with Gasteiger partial charge < -0.3 is 21.1 Å². The number of halogens is 3. The largest absolute Gasteiger partial charge is 0.491 e. The first-order valence-electron chi connectivity index (χ1n) is 11.1. The van der Waals surface area contributed by atoms with E-state index in [0.29, 0.717) is 34.1 Å². The van der Waals surface area contributed by atoms with E-state index in [1.165, 1.54) is 30.5 Å². The molecule has 12 heteroatoms. The van der Waals surface area contributed by atoms with E-state index >= 15 is 0 Å². The molecular weight excluding hydrogens is 506 g/mol. The molecule has 5 N–H and O–H groups in total. The van der Waals surface area contributed by atoms with Crippen molar-refractivity contribution < 1.29 is 23.1 Å². The summed E-state index contributed by atoms with van der Waals surface area (Å²) in [4.78, 5) is 31.8. The summed E-state index contributed by atoms with van der Waals surface area (Å²) in [5, 5.41) is 8.23. The zero-order chi connectivity index (χ0) is 26.8. The Morgan fingerprint density at radius 2 is 1.92 bits per heavy atom. The maximum atomic E-state index is 13.3. The van der Waals surface area contributed by atoms with Crippen molar-refractivity contribution >= 4 is 40.7 Å². The number of nitrogens with two attached hydrogens (primary N) is 1. The zero-order valence-corrected chi connectivity index (χ0v) is 20.2. The summed E-state index contributed by atoms with van der Waals surface area (Å²) in [6, 6.07) is 9.60. The predicted octanol–water partition coefficient (Wildman–Crippen LogP) is 4.66. The molecule has 2 aromatic carbocycles. The van der Waals surface area contributed by atoms with Crippen molar-refractivity contribution in [1.29, 1.82) is 0 Å². The van der Waals surface area contributed by atoms with Crippen LogP contribution in [-0.4, -0.2) is 36.1 Å². The molecule has 0 aliphatic heterocycles. The van der Waals surface area contributed by atoms with Gasteiger partial charge in [-0.05, 0) is 54.8 Å². The van der Waals surface area contributed by atoms with Crippen LogP contribution in [0.15, 0.2) is 54.7 Å². The van der Waals surface area contributed by atoms with Crippen molar-refractivity contribution in [3.8, 4) is 5.75 Å². The van der Waals surface area contributed by atoms with E-state index in [1.807, 2.05) is 0 Å². The molecule has 192 valence electrons. The van der Waals surface area contributed by atoms with Crippen LogP contribution in [0.25, 0.3) is 4.85 Å². The number of benzene rings is 2. The molecule has 0 aliphatic carbocycles. The van der Waals surface area contributed by atoms with Gasteiger partial charge in [-0.15, -0.1) is 0 Å². The minimum atomic E-state index is -0.997. The van der Waals surface area contributed by atoms with Crippen molar-refractivity contribution in [3.05, 3.63) is 88.4 Å². The highest BCUT2D eigenvalue weighted by atomic mass is 35.5. The van der Waals surface area contributed by atoms with Crippen LogP contribution < -0.4 is 26.4 Å². The molecule has 9 nitrogen and oxygen atoms in total. The van der Waals surface area contributed by atoms with Gasteiger partial charge in [-0.1, -0.05) is 23.7 Å². The van der Waals surface area contributed by atoms with Crippen LogP contribution in [0.1, 0.15) is 12.0 Å².